The highest BCUT2D eigenvalue weighted by molar-refractivity contribution is 7.89. The lowest BCUT2D eigenvalue weighted by Crippen LogP contribution is -2.51. The molecule has 0 spiro atoms. The number of piperazine rings is 1. The van der Waals surface area contributed by atoms with Crippen LogP contribution < -0.4 is 0 Å². The van der Waals surface area contributed by atoms with E-state index in [1.54, 1.807) is 6.07 Å². The van der Waals surface area contributed by atoms with Crippen LogP contribution in [-0.2, 0) is 24.3 Å². The second-order valence-electron chi connectivity index (χ2n) is 7.61. The second kappa shape index (κ2) is 10.3. The van der Waals surface area contributed by atoms with Gasteiger partial charge >= 0.3 is 5.97 Å². The van der Waals surface area contributed by atoms with E-state index in [2.05, 4.69) is 4.98 Å². The number of nitrogens with zero attached hydrogens (tertiary/aromatic N) is 3. The van der Waals surface area contributed by atoms with Crippen molar-refractivity contribution in [3.63, 3.8) is 0 Å². The van der Waals surface area contributed by atoms with Crippen LogP contribution >= 0.6 is 11.6 Å². The molecule has 0 radical (unpaired) electrons. The van der Waals surface area contributed by atoms with Crippen molar-refractivity contribution in [3.05, 3.63) is 77.5 Å². The SMILES string of the molecule is O=C(C=Cc1ccc2ccccc2n1)OCC(=O)N1CCN(S(=O)(=O)c2ccc(Cl)cc2)CC1. The van der Waals surface area contributed by atoms with Gasteiger partial charge in [-0.1, -0.05) is 35.9 Å². The lowest BCUT2D eigenvalue weighted by molar-refractivity contribution is -0.148. The van der Waals surface area contributed by atoms with E-state index in [0.29, 0.717) is 10.7 Å². The number of rotatable bonds is 6. The molecule has 1 aliphatic rings. The Morgan fingerprint density at radius 3 is 2.41 bits per heavy atom. The van der Waals surface area contributed by atoms with Crippen LogP contribution in [0, 0.1) is 0 Å². The Balaban J connectivity index is 1.26. The fraction of sp³-hybridized carbons (Fsp3) is 0.208. The number of carbonyl (C=O) groups is 2. The molecular weight excluding hydrogens is 478 g/mol. The molecule has 1 saturated heterocycles. The predicted molar refractivity (Wildman–Crippen MR) is 129 cm³/mol. The molecule has 34 heavy (non-hydrogen) atoms. The third-order valence-electron chi connectivity index (χ3n) is 5.39. The van der Waals surface area contributed by atoms with Crippen molar-refractivity contribution >= 4 is 50.5 Å². The molecule has 4 rings (SSSR count). The zero-order chi connectivity index (χ0) is 24.1. The molecular formula is C24H22ClN3O5S. The normalized spacial score (nSPS) is 15.0. The van der Waals surface area contributed by atoms with Crippen molar-refractivity contribution in [2.45, 2.75) is 4.90 Å². The number of para-hydroxylation sites is 1. The van der Waals surface area contributed by atoms with E-state index < -0.39 is 22.6 Å². The van der Waals surface area contributed by atoms with Crippen LogP contribution in [0.5, 0.6) is 0 Å². The van der Waals surface area contributed by atoms with Gasteiger partial charge in [0.1, 0.15) is 0 Å². The summed E-state index contributed by atoms with van der Waals surface area (Å²) < 4.78 is 31.9. The lowest BCUT2D eigenvalue weighted by atomic mass is 10.2. The smallest absolute Gasteiger partial charge is 0.331 e. The Morgan fingerprint density at radius 2 is 1.68 bits per heavy atom. The highest BCUT2D eigenvalue weighted by atomic mass is 35.5. The molecule has 0 aliphatic carbocycles. The Bertz CT molecular complexity index is 1330. The maximum atomic E-state index is 12.7. The number of benzene rings is 2. The summed E-state index contributed by atoms with van der Waals surface area (Å²) >= 11 is 5.83. The Morgan fingerprint density at radius 1 is 0.971 bits per heavy atom. The summed E-state index contributed by atoms with van der Waals surface area (Å²) in [6.07, 6.45) is 2.75. The summed E-state index contributed by atoms with van der Waals surface area (Å²) in [5.74, 6) is -1.04. The van der Waals surface area contributed by atoms with Gasteiger partial charge in [0.25, 0.3) is 5.91 Å². The van der Waals surface area contributed by atoms with Gasteiger partial charge in [0, 0.05) is 42.7 Å². The van der Waals surface area contributed by atoms with Crippen LogP contribution in [0.4, 0.5) is 0 Å². The molecule has 1 amide bonds. The maximum absolute atomic E-state index is 12.7. The number of amides is 1. The fourth-order valence-electron chi connectivity index (χ4n) is 3.53. The van der Waals surface area contributed by atoms with E-state index in [1.165, 1.54) is 45.6 Å². The first-order chi connectivity index (χ1) is 16.3. The standard InChI is InChI=1S/C24H22ClN3O5S/c25-19-6-10-21(11-7-19)34(31,32)28-15-13-27(14-16-28)23(29)17-33-24(30)12-9-20-8-5-18-3-1-2-4-22(18)26-20/h1-12H,13-17H2. The topological polar surface area (TPSA) is 96.9 Å². The molecule has 1 aromatic heterocycles. The largest absolute Gasteiger partial charge is 0.452 e. The van der Waals surface area contributed by atoms with Crippen LogP contribution in [0.3, 0.4) is 0 Å². The van der Waals surface area contributed by atoms with Gasteiger partial charge in [-0.3, -0.25) is 4.79 Å². The first-order valence-electron chi connectivity index (χ1n) is 10.6. The number of ether oxygens (including phenoxy) is 1. The van der Waals surface area contributed by atoms with Gasteiger partial charge in [-0.15, -0.1) is 0 Å². The number of aromatic nitrogens is 1. The monoisotopic (exact) mass is 499 g/mol. The molecule has 0 atom stereocenters. The number of halogens is 1. The third kappa shape index (κ3) is 5.61. The van der Waals surface area contributed by atoms with Crippen molar-refractivity contribution in [2.75, 3.05) is 32.8 Å². The quantitative estimate of drug-likeness (QED) is 0.382. The number of carbonyl (C=O) groups excluding carboxylic acids is 2. The van der Waals surface area contributed by atoms with Gasteiger partial charge in [0.2, 0.25) is 10.0 Å². The van der Waals surface area contributed by atoms with Gasteiger partial charge in [-0.2, -0.15) is 4.31 Å². The van der Waals surface area contributed by atoms with Gasteiger partial charge in [-0.05, 0) is 42.5 Å². The molecule has 10 heteroatoms. The number of pyridine rings is 1. The van der Waals surface area contributed by atoms with Crippen LogP contribution in [0.15, 0.2) is 71.6 Å². The lowest BCUT2D eigenvalue weighted by Gasteiger charge is -2.33. The summed E-state index contributed by atoms with van der Waals surface area (Å²) in [5.41, 5.74) is 1.41. The highest BCUT2D eigenvalue weighted by Crippen LogP contribution is 2.20. The minimum absolute atomic E-state index is 0.151. The minimum atomic E-state index is -3.66. The number of hydrogen-bond donors (Lipinski definition) is 0. The van der Waals surface area contributed by atoms with Crippen molar-refractivity contribution in [1.82, 2.24) is 14.2 Å². The van der Waals surface area contributed by atoms with E-state index in [0.717, 1.165) is 10.9 Å². The molecule has 2 heterocycles. The summed E-state index contributed by atoms with van der Waals surface area (Å²) in [6, 6.07) is 17.3. The maximum Gasteiger partial charge on any atom is 0.331 e. The van der Waals surface area contributed by atoms with Crippen LogP contribution in [0.25, 0.3) is 17.0 Å². The molecule has 0 saturated carbocycles. The van der Waals surface area contributed by atoms with Gasteiger partial charge in [-0.25, -0.2) is 18.2 Å². The number of fused-ring (bicyclic) bond motifs is 1. The molecule has 3 aromatic rings. The second-order valence-corrected chi connectivity index (χ2v) is 9.98. The summed E-state index contributed by atoms with van der Waals surface area (Å²) in [7, 11) is -3.66. The Hall–Kier alpha value is -3.27. The summed E-state index contributed by atoms with van der Waals surface area (Å²) in [4.78, 5) is 30.5. The molecule has 1 fully saturated rings. The van der Waals surface area contributed by atoms with Gasteiger partial charge in [0.15, 0.2) is 6.61 Å². The molecule has 2 aromatic carbocycles. The molecule has 1 aliphatic heterocycles. The number of esters is 1. The Kier molecular flexibility index (Phi) is 7.26. The van der Waals surface area contributed by atoms with Gasteiger partial charge in [0.05, 0.1) is 16.1 Å². The van der Waals surface area contributed by atoms with E-state index in [1.807, 2.05) is 30.3 Å². The van der Waals surface area contributed by atoms with Crippen molar-refractivity contribution in [1.29, 1.82) is 0 Å². The average molecular weight is 500 g/mol. The number of hydrogen-bond acceptors (Lipinski definition) is 6. The van der Waals surface area contributed by atoms with Crippen LogP contribution in [0.2, 0.25) is 5.02 Å². The molecule has 176 valence electrons. The van der Waals surface area contributed by atoms with E-state index >= 15 is 0 Å². The first-order valence-corrected chi connectivity index (χ1v) is 12.4. The minimum Gasteiger partial charge on any atom is -0.452 e. The zero-order valence-electron chi connectivity index (χ0n) is 18.1. The zero-order valence-corrected chi connectivity index (χ0v) is 19.7. The molecule has 0 N–H and O–H groups in total. The Labute approximate surface area is 202 Å². The fourth-order valence-corrected chi connectivity index (χ4v) is 5.08. The summed E-state index contributed by atoms with van der Waals surface area (Å²) in [5, 5.41) is 1.45. The summed E-state index contributed by atoms with van der Waals surface area (Å²) in [6.45, 7) is 0.300. The van der Waals surface area contributed by atoms with Crippen molar-refractivity contribution < 1.29 is 22.7 Å². The molecule has 0 bridgehead atoms. The molecule has 0 unspecified atom stereocenters. The van der Waals surface area contributed by atoms with E-state index in [-0.39, 0.29) is 37.0 Å². The van der Waals surface area contributed by atoms with Crippen LogP contribution in [0.1, 0.15) is 5.69 Å². The van der Waals surface area contributed by atoms with Gasteiger partial charge < -0.3 is 9.64 Å². The highest BCUT2D eigenvalue weighted by Gasteiger charge is 2.30. The third-order valence-corrected chi connectivity index (χ3v) is 7.56. The predicted octanol–water partition coefficient (Wildman–Crippen LogP) is 2.98. The van der Waals surface area contributed by atoms with Crippen molar-refractivity contribution in [3.8, 4) is 0 Å². The average Bonchev–Trinajstić information content (AvgIpc) is 2.86. The van der Waals surface area contributed by atoms with E-state index in [4.69, 9.17) is 16.3 Å². The molecule has 8 nitrogen and oxygen atoms in total. The first kappa shape index (κ1) is 23.9. The van der Waals surface area contributed by atoms with Crippen LogP contribution in [-0.4, -0.2) is 67.3 Å². The van der Waals surface area contributed by atoms with Crippen molar-refractivity contribution in [2.24, 2.45) is 0 Å². The van der Waals surface area contributed by atoms with E-state index in [9.17, 15) is 18.0 Å². The number of sulfonamides is 1.